The quantitative estimate of drug-likeness (QED) is 0.104. The predicted octanol–water partition coefficient (Wildman–Crippen LogP) is 6.49. The lowest BCUT2D eigenvalue weighted by atomic mass is 9.86. The van der Waals surface area contributed by atoms with Gasteiger partial charge < -0.3 is 35.8 Å². The molecule has 0 amide bonds. The molecule has 7 aromatic rings. The minimum atomic E-state index is -0.660. The summed E-state index contributed by atoms with van der Waals surface area (Å²) in [5.74, 6) is 0.366. The van der Waals surface area contributed by atoms with Crippen LogP contribution in [0.2, 0.25) is 5.15 Å². The van der Waals surface area contributed by atoms with Crippen LogP contribution in [0.3, 0.4) is 0 Å². The number of halogens is 2. The summed E-state index contributed by atoms with van der Waals surface area (Å²) < 4.78 is 18.8. The molecular formula is C51H58ClFN12O6. The lowest BCUT2D eigenvalue weighted by Gasteiger charge is -2.37. The maximum atomic E-state index is 15.4. The number of aryl methyl sites for hydroxylation is 2. The number of aliphatic hydroxyl groups excluding tert-OH is 1. The van der Waals surface area contributed by atoms with E-state index in [1.165, 1.54) is 34.7 Å². The third kappa shape index (κ3) is 11.3. The van der Waals surface area contributed by atoms with Gasteiger partial charge in [0.05, 0.1) is 64.5 Å². The molecule has 2 saturated heterocycles. The Balaban J connectivity index is 0.000000236. The van der Waals surface area contributed by atoms with Crippen LogP contribution in [0.15, 0.2) is 99.7 Å². The zero-order valence-electron chi connectivity index (χ0n) is 40.7. The molecule has 2 aliphatic rings. The molecule has 0 unspecified atom stereocenters. The summed E-state index contributed by atoms with van der Waals surface area (Å²) in [4.78, 5) is 52.0. The third-order valence-electron chi connectivity index (χ3n) is 13.0. The van der Waals surface area contributed by atoms with Crippen molar-refractivity contribution in [2.24, 2.45) is 14.1 Å². The largest absolute Gasteiger partial charge is 0.392 e. The van der Waals surface area contributed by atoms with Crippen molar-refractivity contribution in [2.45, 2.75) is 83.5 Å². The number of benzene rings is 2. The van der Waals surface area contributed by atoms with Crippen LogP contribution < -0.4 is 37.1 Å². The second kappa shape index (κ2) is 20.0. The molecule has 0 atom stereocenters. The van der Waals surface area contributed by atoms with Gasteiger partial charge in [0.1, 0.15) is 28.8 Å². The number of hydrogen-bond acceptors (Lipinski definition) is 15. The van der Waals surface area contributed by atoms with Gasteiger partial charge in [-0.2, -0.15) is 20.0 Å². The highest BCUT2D eigenvalue weighted by Gasteiger charge is 2.29. The van der Waals surface area contributed by atoms with Crippen LogP contribution in [-0.4, -0.2) is 92.0 Å². The van der Waals surface area contributed by atoms with Gasteiger partial charge in [-0.1, -0.05) is 44.5 Å². The fourth-order valence-electron chi connectivity index (χ4n) is 8.57. The topological polar surface area (TPSA) is 222 Å². The predicted molar refractivity (Wildman–Crippen MR) is 274 cm³/mol. The van der Waals surface area contributed by atoms with Gasteiger partial charge in [-0.05, 0) is 99.0 Å². The van der Waals surface area contributed by atoms with Crippen LogP contribution in [0.4, 0.5) is 38.8 Å². The van der Waals surface area contributed by atoms with Crippen molar-refractivity contribution in [1.82, 2.24) is 39.3 Å². The van der Waals surface area contributed by atoms with Gasteiger partial charge in [0.25, 0.3) is 16.7 Å². The first kappa shape index (κ1) is 50.3. The maximum Gasteiger partial charge on any atom is 0.290 e. The summed E-state index contributed by atoms with van der Waals surface area (Å²) in [6.45, 7) is 12.2. The first-order valence-corrected chi connectivity index (χ1v) is 23.7. The number of fused-ring (bicyclic) bond motifs is 1. The second-order valence-corrected chi connectivity index (χ2v) is 20.1. The molecule has 5 N–H and O–H groups in total. The smallest absolute Gasteiger partial charge is 0.290 e. The number of aliphatic hydroxyl groups is 3. The minimum Gasteiger partial charge on any atom is -0.392 e. The van der Waals surface area contributed by atoms with Crippen molar-refractivity contribution < 1.29 is 19.7 Å². The van der Waals surface area contributed by atoms with E-state index in [0.717, 1.165) is 60.6 Å². The third-order valence-corrected chi connectivity index (χ3v) is 13.2. The van der Waals surface area contributed by atoms with Gasteiger partial charge in [-0.15, -0.1) is 0 Å². The Hall–Kier alpha value is -7.06. The fourth-order valence-corrected chi connectivity index (χ4v) is 8.80. The molecule has 0 aliphatic carbocycles. The minimum absolute atomic E-state index is 0.0975. The van der Waals surface area contributed by atoms with Crippen LogP contribution >= 0.6 is 11.6 Å². The zero-order valence-corrected chi connectivity index (χ0v) is 41.5. The average Bonchev–Trinajstić information content (AvgIpc) is 3.32. The molecule has 7 heterocycles. The highest BCUT2D eigenvalue weighted by atomic mass is 35.5. The molecule has 2 aromatic carbocycles. The van der Waals surface area contributed by atoms with Crippen LogP contribution in [0.1, 0.15) is 71.4 Å². The van der Waals surface area contributed by atoms with Crippen LogP contribution in [0.5, 0.6) is 0 Å². The van der Waals surface area contributed by atoms with Gasteiger partial charge in [0.2, 0.25) is 0 Å². The van der Waals surface area contributed by atoms with E-state index >= 15 is 4.39 Å². The number of nitrogens with zero attached hydrogens (tertiary/aromatic N) is 10. The molecule has 0 bridgehead atoms. The summed E-state index contributed by atoms with van der Waals surface area (Å²) in [5.41, 5.74) is 1.72. The lowest BCUT2D eigenvalue weighted by molar-refractivity contribution is 0.0346. The molecule has 2 fully saturated rings. The monoisotopic (exact) mass is 988 g/mol. The summed E-state index contributed by atoms with van der Waals surface area (Å²) in [7, 11) is 3.06. The van der Waals surface area contributed by atoms with Crippen LogP contribution in [0.25, 0.3) is 27.7 Å². The second-order valence-electron chi connectivity index (χ2n) is 19.7. The Morgan fingerprint density at radius 2 is 1.25 bits per heavy atom. The van der Waals surface area contributed by atoms with E-state index in [1.807, 2.05) is 52.8 Å². The van der Waals surface area contributed by atoms with Gasteiger partial charge in [0.15, 0.2) is 5.15 Å². The van der Waals surface area contributed by atoms with E-state index < -0.39 is 34.7 Å². The first-order chi connectivity index (χ1) is 33.6. The molecule has 2 aliphatic heterocycles. The van der Waals surface area contributed by atoms with E-state index in [1.54, 1.807) is 55.8 Å². The molecule has 0 saturated carbocycles. The summed E-state index contributed by atoms with van der Waals surface area (Å²) in [6, 6.07) is 18.7. The number of anilines is 6. The molecule has 0 radical (unpaired) electrons. The Morgan fingerprint density at radius 1 is 0.718 bits per heavy atom. The number of rotatable bonds is 9. The van der Waals surface area contributed by atoms with E-state index in [-0.39, 0.29) is 32.9 Å². The van der Waals surface area contributed by atoms with Crippen molar-refractivity contribution in [2.75, 3.05) is 46.6 Å². The average molecular weight is 990 g/mol. The SMILES string of the molecule is Cn1nc(-c2cccc(-n3ncc4cc(C(C)(C)C)cc(F)c4c3=O)c2CO)cc(Nc2ccc(N3CCC(C)(O)CC3)cn2)c1=O.Cn1nc(Cl)cc(Nc2ccc(N3CCC(C)(O)CC3)cn2)c1=O. The number of hydrogen-bond donors (Lipinski definition) is 5. The molecule has 9 rings (SSSR count). The van der Waals surface area contributed by atoms with E-state index in [2.05, 4.69) is 45.7 Å². The van der Waals surface area contributed by atoms with E-state index in [4.69, 9.17) is 11.6 Å². The fraction of sp³-hybridized carbons (Fsp3) is 0.373. The van der Waals surface area contributed by atoms with Crippen LogP contribution in [-0.2, 0) is 26.1 Å². The Morgan fingerprint density at radius 3 is 1.76 bits per heavy atom. The van der Waals surface area contributed by atoms with Gasteiger partial charge in [0, 0.05) is 62.9 Å². The van der Waals surface area contributed by atoms with Crippen molar-refractivity contribution in [3.05, 3.63) is 138 Å². The molecule has 372 valence electrons. The summed E-state index contributed by atoms with van der Waals surface area (Å²) in [5, 5.41) is 50.0. The first-order valence-electron chi connectivity index (χ1n) is 23.3. The zero-order chi connectivity index (χ0) is 51.0. The highest BCUT2D eigenvalue weighted by Crippen LogP contribution is 2.32. The number of piperidine rings is 2. The Bertz CT molecular complexity index is 3260. The van der Waals surface area contributed by atoms with Gasteiger partial charge >= 0.3 is 0 Å². The van der Waals surface area contributed by atoms with E-state index in [9.17, 15) is 29.7 Å². The lowest BCUT2D eigenvalue weighted by Crippen LogP contribution is -2.42. The molecule has 20 heteroatoms. The van der Waals surface area contributed by atoms with Gasteiger partial charge in [-0.25, -0.2) is 23.7 Å². The molecule has 71 heavy (non-hydrogen) atoms. The normalized spacial score (nSPS) is 15.5. The Labute approximate surface area is 414 Å². The van der Waals surface area contributed by atoms with Crippen molar-refractivity contribution in [3.8, 4) is 16.9 Å². The summed E-state index contributed by atoms with van der Waals surface area (Å²) >= 11 is 5.88. The number of aromatic nitrogens is 8. The van der Waals surface area contributed by atoms with Crippen LogP contribution in [0, 0.1) is 5.82 Å². The molecule has 5 aromatic heterocycles. The van der Waals surface area contributed by atoms with Crippen molar-refractivity contribution in [1.29, 1.82) is 0 Å². The van der Waals surface area contributed by atoms with Gasteiger partial charge in [-0.3, -0.25) is 14.4 Å². The maximum absolute atomic E-state index is 15.4. The highest BCUT2D eigenvalue weighted by molar-refractivity contribution is 6.29. The van der Waals surface area contributed by atoms with Crippen molar-refractivity contribution >= 4 is 56.8 Å². The van der Waals surface area contributed by atoms with Crippen molar-refractivity contribution in [3.63, 3.8) is 0 Å². The molecular weight excluding hydrogens is 931 g/mol. The standard InChI is InChI=1S/C35H38FN7O4.C16H20ClN5O2/c1-34(2,3)22-15-21-18-38-43(33(46)31(21)26(36)16-22)29-8-6-7-24(25(29)20-44)27-17-28(32(45)41(5)40-27)39-30-10-9-23(19-37-30)42-13-11-35(4,47)12-14-42;1-16(24)5-7-22(8-6-16)11-3-4-14(18-10-11)19-12-9-13(17)20-21(2)15(12)23/h6-10,15-19,44,47H,11-14,20H2,1-5H3,(H,37,39);3-4,9-10,24H,5-8H2,1-2H3,(H,18,19). The molecule has 0 spiro atoms. The van der Waals surface area contributed by atoms with E-state index in [0.29, 0.717) is 52.4 Å². The number of pyridine rings is 2. The molecule has 18 nitrogen and oxygen atoms in total. The Kier molecular flexibility index (Phi) is 14.2. The number of nitrogens with one attached hydrogen (secondary N) is 2. The summed E-state index contributed by atoms with van der Waals surface area (Å²) in [6.07, 6.45) is 7.74.